The number of rotatable bonds is 5. The van der Waals surface area contributed by atoms with E-state index in [0.717, 1.165) is 0 Å². The summed E-state index contributed by atoms with van der Waals surface area (Å²) in [4.78, 5) is 8.01. The van der Waals surface area contributed by atoms with E-state index in [9.17, 15) is 0 Å². The molecular weight excluding hydrogens is 272 g/mol. The fraction of sp³-hybridized carbons (Fsp3) is 0.154. The van der Waals surface area contributed by atoms with Crippen molar-refractivity contribution in [3.05, 3.63) is 30.0 Å². The molecule has 0 unspecified atom stereocenters. The molecule has 0 aliphatic heterocycles. The molecule has 2 rings (SSSR count). The molecule has 0 bridgehead atoms. The smallest absolute Gasteiger partial charge is 0.240 e. The predicted molar refractivity (Wildman–Crippen MR) is 77.4 cm³/mol. The molecule has 0 saturated carbocycles. The molecule has 1 heterocycles. The van der Waals surface area contributed by atoms with Gasteiger partial charge in [-0.2, -0.15) is 10.2 Å². The first-order chi connectivity index (χ1) is 10.2. The molecule has 8 nitrogen and oxygen atoms in total. The molecule has 0 aliphatic rings. The van der Waals surface area contributed by atoms with E-state index in [2.05, 4.69) is 20.7 Å². The number of nitrogen functional groups attached to an aromatic ring is 1. The SMILES string of the molecule is COc1cccc(OC)c1Nc1cc(C#N)nc(NN)n1. The third-order valence-corrected chi connectivity index (χ3v) is 2.65. The Hall–Kier alpha value is -3.05. The monoisotopic (exact) mass is 286 g/mol. The van der Waals surface area contributed by atoms with Gasteiger partial charge in [0.2, 0.25) is 5.95 Å². The normalized spacial score (nSPS) is 9.62. The molecule has 0 amide bonds. The lowest BCUT2D eigenvalue weighted by molar-refractivity contribution is 0.398. The number of hydrogen-bond acceptors (Lipinski definition) is 8. The lowest BCUT2D eigenvalue weighted by Gasteiger charge is -2.14. The Bertz CT molecular complexity index is 661. The number of para-hydroxylation sites is 1. The van der Waals surface area contributed by atoms with Crippen molar-refractivity contribution in [3.63, 3.8) is 0 Å². The average Bonchev–Trinajstić information content (AvgIpc) is 2.54. The minimum absolute atomic E-state index is 0.130. The van der Waals surface area contributed by atoms with E-state index in [1.165, 1.54) is 6.07 Å². The number of ether oxygens (including phenoxy) is 2. The third kappa shape index (κ3) is 3.10. The Morgan fingerprint density at radius 3 is 2.38 bits per heavy atom. The van der Waals surface area contributed by atoms with Crippen LogP contribution in [0, 0.1) is 11.3 Å². The van der Waals surface area contributed by atoms with Crippen LogP contribution in [0.25, 0.3) is 0 Å². The first kappa shape index (κ1) is 14.4. The molecule has 1 aromatic heterocycles. The molecule has 108 valence electrons. The number of benzene rings is 1. The van der Waals surface area contributed by atoms with Gasteiger partial charge in [0.1, 0.15) is 34.8 Å². The Morgan fingerprint density at radius 1 is 1.19 bits per heavy atom. The van der Waals surface area contributed by atoms with Crippen LogP contribution in [0.4, 0.5) is 17.5 Å². The number of aromatic nitrogens is 2. The van der Waals surface area contributed by atoms with Crippen LogP contribution >= 0.6 is 0 Å². The van der Waals surface area contributed by atoms with E-state index >= 15 is 0 Å². The number of methoxy groups -OCH3 is 2. The van der Waals surface area contributed by atoms with E-state index in [1.807, 2.05) is 6.07 Å². The molecule has 0 atom stereocenters. The van der Waals surface area contributed by atoms with E-state index in [0.29, 0.717) is 23.0 Å². The fourth-order valence-corrected chi connectivity index (χ4v) is 1.74. The summed E-state index contributed by atoms with van der Waals surface area (Å²) in [6.07, 6.45) is 0. The van der Waals surface area contributed by atoms with Gasteiger partial charge in [-0.25, -0.2) is 10.8 Å². The van der Waals surface area contributed by atoms with Crippen molar-refractivity contribution in [1.29, 1.82) is 5.26 Å². The maximum atomic E-state index is 8.96. The standard InChI is InChI=1S/C13H14N6O2/c1-20-9-4-3-5-10(21-2)12(9)17-11-6-8(7-14)16-13(18-11)19-15/h3-6H,15H2,1-2H3,(H2,16,17,18,19). The van der Waals surface area contributed by atoms with Crippen LogP contribution in [-0.2, 0) is 0 Å². The lowest BCUT2D eigenvalue weighted by atomic mass is 10.2. The van der Waals surface area contributed by atoms with Crippen molar-refractivity contribution in [1.82, 2.24) is 9.97 Å². The van der Waals surface area contributed by atoms with Crippen molar-refractivity contribution < 1.29 is 9.47 Å². The van der Waals surface area contributed by atoms with Crippen LogP contribution in [0.1, 0.15) is 5.69 Å². The highest BCUT2D eigenvalue weighted by Crippen LogP contribution is 2.36. The summed E-state index contributed by atoms with van der Waals surface area (Å²) in [5.74, 6) is 6.96. The minimum atomic E-state index is 0.130. The van der Waals surface area contributed by atoms with Gasteiger partial charge in [0.15, 0.2) is 0 Å². The zero-order valence-electron chi connectivity index (χ0n) is 11.5. The average molecular weight is 286 g/mol. The molecule has 4 N–H and O–H groups in total. The number of nitrogens with one attached hydrogen (secondary N) is 2. The zero-order valence-corrected chi connectivity index (χ0v) is 11.5. The van der Waals surface area contributed by atoms with Gasteiger partial charge in [-0.05, 0) is 12.1 Å². The Balaban J connectivity index is 2.45. The molecule has 2 aromatic rings. The highest BCUT2D eigenvalue weighted by atomic mass is 16.5. The van der Waals surface area contributed by atoms with Gasteiger partial charge >= 0.3 is 0 Å². The molecule has 0 aliphatic carbocycles. The van der Waals surface area contributed by atoms with Gasteiger partial charge in [-0.3, -0.25) is 5.43 Å². The zero-order chi connectivity index (χ0) is 15.2. The summed E-state index contributed by atoms with van der Waals surface area (Å²) in [6, 6.07) is 8.78. The highest BCUT2D eigenvalue weighted by Gasteiger charge is 2.12. The summed E-state index contributed by atoms with van der Waals surface area (Å²) in [6.45, 7) is 0. The fourth-order valence-electron chi connectivity index (χ4n) is 1.74. The number of hydrogen-bond donors (Lipinski definition) is 3. The van der Waals surface area contributed by atoms with Crippen LogP contribution in [0.5, 0.6) is 11.5 Å². The summed E-state index contributed by atoms with van der Waals surface area (Å²) < 4.78 is 10.6. The maximum Gasteiger partial charge on any atom is 0.240 e. The van der Waals surface area contributed by atoms with E-state index in [4.69, 9.17) is 20.6 Å². The van der Waals surface area contributed by atoms with Gasteiger partial charge in [-0.15, -0.1) is 0 Å². The van der Waals surface area contributed by atoms with Gasteiger partial charge in [0, 0.05) is 6.07 Å². The molecule has 0 radical (unpaired) electrons. The van der Waals surface area contributed by atoms with Crippen molar-refractivity contribution in [2.24, 2.45) is 5.84 Å². The quantitative estimate of drug-likeness (QED) is 0.557. The van der Waals surface area contributed by atoms with E-state index in [-0.39, 0.29) is 11.6 Å². The summed E-state index contributed by atoms with van der Waals surface area (Å²) in [7, 11) is 3.10. The topological polar surface area (TPSA) is 118 Å². The Kier molecular flexibility index (Phi) is 4.38. The van der Waals surface area contributed by atoms with Gasteiger partial charge in [-0.1, -0.05) is 6.07 Å². The molecule has 0 saturated heterocycles. The Labute approximate surface area is 121 Å². The maximum absolute atomic E-state index is 8.96. The van der Waals surface area contributed by atoms with Crippen LogP contribution in [-0.4, -0.2) is 24.2 Å². The number of nitrogens with two attached hydrogens (primary N) is 1. The third-order valence-electron chi connectivity index (χ3n) is 2.65. The molecule has 1 aromatic carbocycles. The minimum Gasteiger partial charge on any atom is -0.494 e. The second kappa shape index (κ2) is 6.40. The van der Waals surface area contributed by atoms with E-state index < -0.39 is 0 Å². The van der Waals surface area contributed by atoms with Crippen LogP contribution < -0.4 is 26.1 Å². The van der Waals surface area contributed by atoms with E-state index in [1.54, 1.807) is 32.4 Å². The molecule has 8 heteroatoms. The molecule has 0 spiro atoms. The van der Waals surface area contributed by atoms with Gasteiger partial charge in [0.25, 0.3) is 0 Å². The summed E-state index contributed by atoms with van der Waals surface area (Å²) in [5.41, 5.74) is 3.08. The predicted octanol–water partition coefficient (Wildman–Crippen LogP) is 1.39. The first-order valence-corrected chi connectivity index (χ1v) is 5.95. The summed E-state index contributed by atoms with van der Waals surface area (Å²) >= 11 is 0. The number of nitrogens with zero attached hydrogens (tertiary/aromatic N) is 3. The van der Waals surface area contributed by atoms with Gasteiger partial charge < -0.3 is 14.8 Å². The van der Waals surface area contributed by atoms with Crippen LogP contribution in [0.15, 0.2) is 24.3 Å². The number of anilines is 3. The number of hydrazine groups is 1. The van der Waals surface area contributed by atoms with Crippen molar-refractivity contribution in [3.8, 4) is 17.6 Å². The molecular formula is C13H14N6O2. The lowest BCUT2D eigenvalue weighted by Crippen LogP contribution is -2.12. The van der Waals surface area contributed by atoms with Crippen molar-refractivity contribution >= 4 is 17.5 Å². The summed E-state index contributed by atoms with van der Waals surface area (Å²) in [5, 5.41) is 12.0. The first-order valence-electron chi connectivity index (χ1n) is 5.95. The molecule has 21 heavy (non-hydrogen) atoms. The molecule has 0 fully saturated rings. The van der Waals surface area contributed by atoms with Crippen LogP contribution in [0.2, 0.25) is 0 Å². The second-order valence-electron chi connectivity index (χ2n) is 3.88. The van der Waals surface area contributed by atoms with Crippen LogP contribution in [0.3, 0.4) is 0 Å². The second-order valence-corrected chi connectivity index (χ2v) is 3.88. The highest BCUT2D eigenvalue weighted by molar-refractivity contribution is 5.72. The number of nitriles is 1. The Morgan fingerprint density at radius 2 is 1.86 bits per heavy atom. The van der Waals surface area contributed by atoms with Crippen molar-refractivity contribution in [2.45, 2.75) is 0 Å². The van der Waals surface area contributed by atoms with Gasteiger partial charge in [0.05, 0.1) is 14.2 Å². The largest absolute Gasteiger partial charge is 0.494 e. The van der Waals surface area contributed by atoms with Crippen molar-refractivity contribution in [2.75, 3.05) is 25.0 Å².